The van der Waals surface area contributed by atoms with E-state index in [-0.39, 0.29) is 12.1 Å². The number of hydrogen-bond acceptors (Lipinski definition) is 4. The molecule has 0 aliphatic carbocycles. The second-order valence-electron chi connectivity index (χ2n) is 3.85. The average Bonchev–Trinajstić information content (AvgIpc) is 2.74. The molecule has 1 saturated heterocycles. The van der Waals surface area contributed by atoms with Gasteiger partial charge in [0, 0.05) is 18.2 Å². The normalized spacial score (nSPS) is 24.4. The highest BCUT2D eigenvalue weighted by Crippen LogP contribution is 2.36. The fourth-order valence-corrected chi connectivity index (χ4v) is 1.99. The zero-order valence-electron chi connectivity index (χ0n) is 9.60. The summed E-state index contributed by atoms with van der Waals surface area (Å²) < 4.78 is 16.1. The van der Waals surface area contributed by atoms with Crippen LogP contribution in [0.15, 0.2) is 18.2 Å². The number of nitrogens with two attached hydrogens (primary N) is 1. The van der Waals surface area contributed by atoms with E-state index >= 15 is 0 Å². The van der Waals surface area contributed by atoms with Crippen LogP contribution >= 0.6 is 0 Å². The lowest BCUT2D eigenvalue weighted by atomic mass is 10.0. The number of ether oxygens (including phenoxy) is 3. The maximum atomic E-state index is 6.00. The van der Waals surface area contributed by atoms with E-state index in [0.717, 1.165) is 23.5 Å². The molecule has 2 N–H and O–H groups in total. The summed E-state index contributed by atoms with van der Waals surface area (Å²) in [6.45, 7) is 0.701. The second kappa shape index (κ2) is 4.72. The van der Waals surface area contributed by atoms with Crippen molar-refractivity contribution in [3.8, 4) is 11.5 Å². The predicted octanol–water partition coefficient (Wildman–Crippen LogP) is 1.49. The number of rotatable bonds is 3. The fraction of sp³-hybridized carbons (Fsp3) is 0.500. The molecule has 1 aliphatic rings. The van der Waals surface area contributed by atoms with Gasteiger partial charge in [0.15, 0.2) is 0 Å². The predicted molar refractivity (Wildman–Crippen MR) is 60.8 cm³/mol. The highest BCUT2D eigenvalue weighted by molar-refractivity contribution is 5.42. The Kier molecular flexibility index (Phi) is 3.31. The average molecular weight is 223 g/mol. The van der Waals surface area contributed by atoms with Crippen LogP contribution in [0.25, 0.3) is 0 Å². The van der Waals surface area contributed by atoms with Crippen molar-refractivity contribution in [2.24, 2.45) is 5.73 Å². The van der Waals surface area contributed by atoms with Crippen molar-refractivity contribution in [2.45, 2.75) is 18.6 Å². The third kappa shape index (κ3) is 1.99. The quantitative estimate of drug-likeness (QED) is 0.843. The number of methoxy groups -OCH3 is 2. The maximum Gasteiger partial charge on any atom is 0.125 e. The summed E-state index contributed by atoms with van der Waals surface area (Å²) in [6, 6.07) is 5.70. The van der Waals surface area contributed by atoms with Crippen molar-refractivity contribution in [1.29, 1.82) is 0 Å². The molecule has 88 valence electrons. The summed E-state index contributed by atoms with van der Waals surface area (Å²) in [5, 5.41) is 0. The Labute approximate surface area is 95.3 Å². The Hall–Kier alpha value is -1.26. The summed E-state index contributed by atoms with van der Waals surface area (Å²) in [5.41, 5.74) is 6.97. The minimum Gasteiger partial charge on any atom is -0.497 e. The molecule has 1 fully saturated rings. The molecule has 0 amide bonds. The SMILES string of the molecule is COc1ccc(OC)c(C2OCCC2N)c1. The highest BCUT2D eigenvalue weighted by Gasteiger charge is 2.29. The molecular formula is C12H17NO3. The largest absolute Gasteiger partial charge is 0.497 e. The minimum absolute atomic E-state index is 0.0287. The van der Waals surface area contributed by atoms with Crippen molar-refractivity contribution < 1.29 is 14.2 Å². The van der Waals surface area contributed by atoms with E-state index in [1.165, 1.54) is 0 Å². The summed E-state index contributed by atoms with van der Waals surface area (Å²) in [6.07, 6.45) is 0.787. The molecule has 1 aromatic carbocycles. The van der Waals surface area contributed by atoms with Crippen molar-refractivity contribution in [3.05, 3.63) is 23.8 Å². The standard InChI is InChI=1S/C12H17NO3/c1-14-8-3-4-11(15-2)9(7-8)12-10(13)5-6-16-12/h3-4,7,10,12H,5-6,13H2,1-2H3. The van der Waals surface area contributed by atoms with Crippen molar-refractivity contribution in [2.75, 3.05) is 20.8 Å². The van der Waals surface area contributed by atoms with Crippen molar-refractivity contribution >= 4 is 0 Å². The van der Waals surface area contributed by atoms with Gasteiger partial charge in [0.05, 0.1) is 14.2 Å². The van der Waals surface area contributed by atoms with Crippen LogP contribution < -0.4 is 15.2 Å². The van der Waals surface area contributed by atoms with Gasteiger partial charge in [-0.3, -0.25) is 0 Å². The van der Waals surface area contributed by atoms with Crippen LogP contribution in [0.1, 0.15) is 18.1 Å². The Bertz CT molecular complexity index is 367. The second-order valence-corrected chi connectivity index (χ2v) is 3.85. The minimum atomic E-state index is -0.0925. The molecule has 2 unspecified atom stereocenters. The zero-order valence-corrected chi connectivity index (χ0v) is 9.60. The van der Waals surface area contributed by atoms with Crippen molar-refractivity contribution in [1.82, 2.24) is 0 Å². The first kappa shape index (κ1) is 11.2. The molecule has 0 spiro atoms. The number of benzene rings is 1. The molecule has 1 aliphatic heterocycles. The van der Waals surface area contributed by atoms with Crippen LogP contribution in [0, 0.1) is 0 Å². The molecule has 1 aromatic rings. The van der Waals surface area contributed by atoms with Gasteiger partial charge in [-0.1, -0.05) is 0 Å². The van der Waals surface area contributed by atoms with Crippen LogP contribution in [-0.2, 0) is 4.74 Å². The molecule has 4 nitrogen and oxygen atoms in total. The van der Waals surface area contributed by atoms with Gasteiger partial charge in [-0.25, -0.2) is 0 Å². The third-order valence-corrected chi connectivity index (χ3v) is 2.88. The summed E-state index contributed by atoms with van der Waals surface area (Å²) in [7, 11) is 3.28. The monoisotopic (exact) mass is 223 g/mol. The van der Waals surface area contributed by atoms with E-state index in [1.807, 2.05) is 18.2 Å². The molecule has 0 bridgehead atoms. The van der Waals surface area contributed by atoms with E-state index < -0.39 is 0 Å². The van der Waals surface area contributed by atoms with E-state index in [9.17, 15) is 0 Å². The van der Waals surface area contributed by atoms with Crippen LogP contribution in [0.3, 0.4) is 0 Å². The van der Waals surface area contributed by atoms with Crippen molar-refractivity contribution in [3.63, 3.8) is 0 Å². The number of hydrogen-bond donors (Lipinski definition) is 1. The lowest BCUT2D eigenvalue weighted by Crippen LogP contribution is -2.23. The van der Waals surface area contributed by atoms with Crippen LogP contribution in [-0.4, -0.2) is 26.9 Å². The van der Waals surface area contributed by atoms with Gasteiger partial charge in [-0.15, -0.1) is 0 Å². The molecule has 2 rings (SSSR count). The maximum absolute atomic E-state index is 6.00. The smallest absolute Gasteiger partial charge is 0.125 e. The molecule has 0 aromatic heterocycles. The van der Waals surface area contributed by atoms with E-state index in [4.69, 9.17) is 19.9 Å². The van der Waals surface area contributed by atoms with E-state index in [0.29, 0.717) is 6.61 Å². The van der Waals surface area contributed by atoms with Gasteiger partial charge < -0.3 is 19.9 Å². The van der Waals surface area contributed by atoms with Gasteiger partial charge in [0.1, 0.15) is 17.6 Å². The molecule has 2 atom stereocenters. The molecule has 16 heavy (non-hydrogen) atoms. The van der Waals surface area contributed by atoms with Gasteiger partial charge in [-0.2, -0.15) is 0 Å². The lowest BCUT2D eigenvalue weighted by molar-refractivity contribution is 0.102. The Balaban J connectivity index is 2.36. The first-order chi connectivity index (χ1) is 7.76. The van der Waals surface area contributed by atoms with Gasteiger partial charge in [-0.05, 0) is 24.6 Å². The molecule has 0 radical (unpaired) electrons. The van der Waals surface area contributed by atoms with Gasteiger partial charge in [0.25, 0.3) is 0 Å². The molecule has 0 saturated carbocycles. The van der Waals surface area contributed by atoms with E-state index in [2.05, 4.69) is 0 Å². The summed E-state index contributed by atoms with van der Waals surface area (Å²) in [5.74, 6) is 1.58. The van der Waals surface area contributed by atoms with Gasteiger partial charge in [0.2, 0.25) is 0 Å². The van der Waals surface area contributed by atoms with Gasteiger partial charge >= 0.3 is 0 Å². The Morgan fingerprint density at radius 2 is 2.12 bits per heavy atom. The molecular weight excluding hydrogens is 206 g/mol. The molecule has 1 heterocycles. The first-order valence-electron chi connectivity index (χ1n) is 5.35. The summed E-state index contributed by atoms with van der Waals surface area (Å²) in [4.78, 5) is 0. The first-order valence-corrected chi connectivity index (χ1v) is 5.35. The zero-order chi connectivity index (χ0) is 11.5. The van der Waals surface area contributed by atoms with Crippen LogP contribution in [0.4, 0.5) is 0 Å². The van der Waals surface area contributed by atoms with Crippen LogP contribution in [0.5, 0.6) is 11.5 Å². The fourth-order valence-electron chi connectivity index (χ4n) is 1.99. The lowest BCUT2D eigenvalue weighted by Gasteiger charge is -2.18. The topological polar surface area (TPSA) is 53.7 Å². The molecule has 4 heteroatoms. The van der Waals surface area contributed by atoms with E-state index in [1.54, 1.807) is 14.2 Å². The van der Waals surface area contributed by atoms with Crippen LogP contribution in [0.2, 0.25) is 0 Å². The Morgan fingerprint density at radius 3 is 2.69 bits per heavy atom. The highest BCUT2D eigenvalue weighted by atomic mass is 16.5. The Morgan fingerprint density at radius 1 is 1.31 bits per heavy atom. The third-order valence-electron chi connectivity index (χ3n) is 2.88. The summed E-state index contributed by atoms with van der Waals surface area (Å²) >= 11 is 0.